The van der Waals surface area contributed by atoms with Crippen molar-refractivity contribution in [1.29, 1.82) is 0 Å². The van der Waals surface area contributed by atoms with Gasteiger partial charge in [-0.1, -0.05) is 18.5 Å². The van der Waals surface area contributed by atoms with Gasteiger partial charge in [-0.25, -0.2) is 0 Å². The van der Waals surface area contributed by atoms with E-state index in [4.69, 9.17) is 21.1 Å². The molecule has 25 heavy (non-hydrogen) atoms. The Bertz CT molecular complexity index is 563. The molecule has 4 nitrogen and oxygen atoms in total. The van der Waals surface area contributed by atoms with Gasteiger partial charge in [-0.3, -0.25) is 0 Å². The molecular weight excluding hydrogens is 336 g/mol. The van der Waals surface area contributed by atoms with Crippen molar-refractivity contribution < 1.29 is 9.47 Å². The molecule has 1 saturated heterocycles. The Morgan fingerprint density at radius 2 is 2.04 bits per heavy atom. The molecule has 2 aliphatic rings. The lowest BCUT2D eigenvalue weighted by Gasteiger charge is -2.17. The van der Waals surface area contributed by atoms with Gasteiger partial charge in [0.15, 0.2) is 11.5 Å². The highest BCUT2D eigenvalue weighted by Crippen LogP contribution is 2.37. The molecule has 0 aromatic heterocycles. The van der Waals surface area contributed by atoms with Crippen LogP contribution in [0.15, 0.2) is 12.1 Å². The zero-order chi connectivity index (χ0) is 17.6. The third kappa shape index (κ3) is 5.25. The van der Waals surface area contributed by atoms with Gasteiger partial charge in [-0.05, 0) is 69.3 Å². The normalized spacial score (nSPS) is 20.8. The predicted octanol–water partition coefficient (Wildman–Crippen LogP) is 4.10. The largest absolute Gasteiger partial charge is 0.490 e. The number of hydrogen-bond donors (Lipinski definition) is 1. The Hall–Kier alpha value is -0.970. The number of nitrogens with one attached hydrogen (secondary N) is 1. The summed E-state index contributed by atoms with van der Waals surface area (Å²) in [7, 11) is 0. The molecule has 1 saturated carbocycles. The molecule has 0 spiro atoms. The maximum atomic E-state index is 6.43. The molecule has 5 heteroatoms. The van der Waals surface area contributed by atoms with Gasteiger partial charge in [-0.2, -0.15) is 0 Å². The molecule has 0 radical (unpaired) electrons. The number of hydrogen-bond acceptors (Lipinski definition) is 4. The molecule has 1 atom stereocenters. The molecule has 0 bridgehead atoms. The van der Waals surface area contributed by atoms with Crippen molar-refractivity contribution in [2.75, 3.05) is 32.8 Å². The fraction of sp³-hybridized carbons (Fsp3) is 0.700. The van der Waals surface area contributed by atoms with Gasteiger partial charge in [0.2, 0.25) is 0 Å². The van der Waals surface area contributed by atoms with Crippen LogP contribution in [-0.4, -0.2) is 43.8 Å². The molecule has 140 valence electrons. The first-order chi connectivity index (χ1) is 12.2. The highest BCUT2D eigenvalue weighted by atomic mass is 35.5. The van der Waals surface area contributed by atoms with Crippen molar-refractivity contribution >= 4 is 11.6 Å². The third-order valence-electron chi connectivity index (χ3n) is 4.96. The minimum absolute atomic E-state index is 0.606. The maximum Gasteiger partial charge on any atom is 0.179 e. The van der Waals surface area contributed by atoms with E-state index < -0.39 is 0 Å². The molecule has 2 fully saturated rings. The summed E-state index contributed by atoms with van der Waals surface area (Å²) < 4.78 is 11.5. The molecule has 1 heterocycles. The van der Waals surface area contributed by atoms with Crippen LogP contribution in [0.2, 0.25) is 5.02 Å². The summed E-state index contributed by atoms with van der Waals surface area (Å²) in [5.74, 6) is 2.20. The zero-order valence-electron chi connectivity index (χ0n) is 15.5. The second-order valence-corrected chi connectivity index (χ2v) is 7.61. The molecule has 1 aromatic rings. The average molecular weight is 367 g/mol. The number of rotatable bonds is 10. The van der Waals surface area contributed by atoms with E-state index in [0.717, 1.165) is 42.8 Å². The van der Waals surface area contributed by atoms with Gasteiger partial charge in [0, 0.05) is 19.1 Å². The molecule has 1 aromatic carbocycles. The Labute approximate surface area is 156 Å². The van der Waals surface area contributed by atoms with Crippen LogP contribution in [0, 0.1) is 5.92 Å². The summed E-state index contributed by atoms with van der Waals surface area (Å²) in [6.07, 6.45) is 5.08. The Balaban J connectivity index is 1.52. The zero-order valence-corrected chi connectivity index (χ0v) is 16.3. The van der Waals surface area contributed by atoms with Crippen LogP contribution in [0.4, 0.5) is 0 Å². The van der Waals surface area contributed by atoms with E-state index in [0.29, 0.717) is 24.0 Å². The van der Waals surface area contributed by atoms with Gasteiger partial charge < -0.3 is 19.7 Å². The van der Waals surface area contributed by atoms with Gasteiger partial charge in [0.1, 0.15) is 0 Å². The quantitative estimate of drug-likeness (QED) is 0.675. The first-order valence-electron chi connectivity index (χ1n) is 9.74. The van der Waals surface area contributed by atoms with Crippen molar-refractivity contribution in [2.24, 2.45) is 5.92 Å². The minimum Gasteiger partial charge on any atom is -0.490 e. The van der Waals surface area contributed by atoms with Crippen molar-refractivity contribution in [2.45, 2.75) is 52.1 Å². The standard InChI is InChI=1S/C20H31ClN2O2/c1-3-9-25-20-18(21)10-16(11-19(20)24-4-2)13-22-12-15-7-8-23(14-15)17-5-6-17/h10-11,15,17,22H,3-9,12-14H2,1-2H3. The molecule has 1 aliphatic carbocycles. The maximum absolute atomic E-state index is 6.43. The first kappa shape index (κ1) is 18.8. The lowest BCUT2D eigenvalue weighted by Crippen LogP contribution is -2.27. The highest BCUT2D eigenvalue weighted by Gasteiger charge is 2.33. The summed E-state index contributed by atoms with van der Waals surface area (Å²) in [5.41, 5.74) is 1.15. The number of likely N-dealkylation sites (tertiary alicyclic amines) is 1. The van der Waals surface area contributed by atoms with E-state index in [1.807, 2.05) is 13.0 Å². The number of halogens is 1. The molecular formula is C20H31ClN2O2. The molecule has 3 rings (SSSR count). The molecule has 1 N–H and O–H groups in total. The van der Waals surface area contributed by atoms with Crippen LogP contribution in [0.5, 0.6) is 11.5 Å². The van der Waals surface area contributed by atoms with Crippen LogP contribution >= 0.6 is 11.6 Å². The van der Waals surface area contributed by atoms with Crippen LogP contribution in [0.3, 0.4) is 0 Å². The van der Waals surface area contributed by atoms with Crippen molar-refractivity contribution in [3.05, 3.63) is 22.7 Å². The van der Waals surface area contributed by atoms with Crippen LogP contribution in [-0.2, 0) is 6.54 Å². The topological polar surface area (TPSA) is 33.7 Å². The minimum atomic E-state index is 0.606. The Morgan fingerprint density at radius 1 is 1.20 bits per heavy atom. The smallest absolute Gasteiger partial charge is 0.179 e. The summed E-state index contributed by atoms with van der Waals surface area (Å²) in [6.45, 7) is 9.74. The highest BCUT2D eigenvalue weighted by molar-refractivity contribution is 6.32. The van der Waals surface area contributed by atoms with Crippen molar-refractivity contribution in [1.82, 2.24) is 10.2 Å². The van der Waals surface area contributed by atoms with E-state index in [1.165, 1.54) is 32.4 Å². The molecule has 0 amide bonds. The van der Waals surface area contributed by atoms with E-state index >= 15 is 0 Å². The summed E-state index contributed by atoms with van der Waals surface area (Å²) in [6, 6.07) is 4.94. The Kier molecular flexibility index (Phi) is 6.85. The lowest BCUT2D eigenvalue weighted by atomic mass is 10.1. The van der Waals surface area contributed by atoms with Gasteiger partial charge in [0.05, 0.1) is 18.2 Å². The van der Waals surface area contributed by atoms with E-state index in [9.17, 15) is 0 Å². The monoisotopic (exact) mass is 366 g/mol. The summed E-state index contributed by atoms with van der Waals surface area (Å²) in [4.78, 5) is 2.66. The number of nitrogens with zero attached hydrogens (tertiary/aromatic N) is 1. The van der Waals surface area contributed by atoms with E-state index in [-0.39, 0.29) is 0 Å². The predicted molar refractivity (Wildman–Crippen MR) is 103 cm³/mol. The Morgan fingerprint density at radius 3 is 2.76 bits per heavy atom. The second kappa shape index (κ2) is 9.11. The summed E-state index contributed by atoms with van der Waals surface area (Å²) in [5, 5.41) is 4.24. The third-order valence-corrected chi connectivity index (χ3v) is 5.24. The van der Waals surface area contributed by atoms with Gasteiger partial charge in [-0.15, -0.1) is 0 Å². The lowest BCUT2D eigenvalue weighted by molar-refractivity contribution is 0.276. The summed E-state index contributed by atoms with van der Waals surface area (Å²) >= 11 is 6.43. The first-order valence-corrected chi connectivity index (χ1v) is 10.1. The van der Waals surface area contributed by atoms with Gasteiger partial charge in [0.25, 0.3) is 0 Å². The van der Waals surface area contributed by atoms with Crippen molar-refractivity contribution in [3.8, 4) is 11.5 Å². The fourth-order valence-electron chi connectivity index (χ4n) is 3.55. The second-order valence-electron chi connectivity index (χ2n) is 7.20. The van der Waals surface area contributed by atoms with Crippen molar-refractivity contribution in [3.63, 3.8) is 0 Å². The van der Waals surface area contributed by atoms with Crippen LogP contribution in [0.1, 0.15) is 45.1 Å². The van der Waals surface area contributed by atoms with E-state index in [2.05, 4.69) is 23.2 Å². The molecule has 1 unspecified atom stereocenters. The molecule has 1 aliphatic heterocycles. The fourth-order valence-corrected chi connectivity index (χ4v) is 3.84. The number of benzene rings is 1. The van der Waals surface area contributed by atoms with Gasteiger partial charge >= 0.3 is 0 Å². The van der Waals surface area contributed by atoms with E-state index in [1.54, 1.807) is 0 Å². The SMILES string of the molecule is CCCOc1c(Cl)cc(CNCC2CCN(C3CC3)C2)cc1OCC. The van der Waals surface area contributed by atoms with Crippen LogP contribution in [0.25, 0.3) is 0 Å². The number of ether oxygens (including phenoxy) is 2. The van der Waals surface area contributed by atoms with Crippen LogP contribution < -0.4 is 14.8 Å². The average Bonchev–Trinajstić information content (AvgIpc) is 3.34.